The minimum absolute atomic E-state index is 0.0540. The number of nitrogens with two attached hydrogens (primary N) is 3. The van der Waals surface area contributed by atoms with Crippen molar-refractivity contribution in [3.05, 3.63) is 36.0 Å². The molecule has 0 saturated carbocycles. The Morgan fingerprint density at radius 3 is 1.78 bits per heavy atom. The summed E-state index contributed by atoms with van der Waals surface area (Å²) in [5.41, 5.74) is 18.4. The van der Waals surface area contributed by atoms with Gasteiger partial charge in [-0.2, -0.15) is 0 Å². The molecule has 27 heteroatoms. The fourth-order valence-electron chi connectivity index (χ4n) is 8.55. The average Bonchev–Trinajstić information content (AvgIpc) is 3.90. The summed E-state index contributed by atoms with van der Waals surface area (Å²) in [7, 11) is 0. The van der Waals surface area contributed by atoms with Gasteiger partial charge in [0, 0.05) is 36.5 Å². The normalized spacial score (nSPS) is 14.4. The molecule has 1 aromatic carbocycles. The van der Waals surface area contributed by atoms with E-state index in [1.165, 1.54) is 58.8 Å². The SMILES string of the molecule is CCCCCCCCCCCCCC(=O)NCCCC[C@H](NC(=O)[C@H](CCC[NH+]=C(N)N)NC(=O)[C@H](C)NC(=O)[C@@H](N)[C@@H](C)O)C(=O)N[C@@H](CO)C(=O)N[C@H](C(=O)NCC(=O)NCC(=O)N[C@H](C=O)Cc1c[nH]c2ccccc12)[C@@H](C)O. The van der Waals surface area contributed by atoms with Crippen molar-refractivity contribution in [2.24, 2.45) is 17.2 Å². The lowest BCUT2D eigenvalue weighted by molar-refractivity contribution is -0.459. The van der Waals surface area contributed by atoms with Gasteiger partial charge >= 0.3 is 5.96 Å². The highest BCUT2D eigenvalue weighted by Gasteiger charge is 2.33. The Labute approximate surface area is 479 Å². The number of amides is 9. The standard InChI is InChI=1S/C55H92N14O13/c1-5-6-7-8-9-10-11-12-13-14-15-25-44(74)59-26-19-18-23-41(67-50(78)42(24-20-27-60-55(57)58)66-49(77)34(2)64-53(81)47(56)35(3)72)51(79)68-43(33-71)52(80)69-48(36(4)73)54(82)63-30-45(75)62-31-46(76)65-38(32-70)28-37-29-61-40-22-17-16-21-39(37)40/h16-17,21-22,29,32,34-36,38,41-43,47-48,61,71-73H,5-15,18-20,23-28,30-31,33,56H2,1-4H3,(H,59,74)(H,62,75)(H,63,82)(H,64,81)(H,65,76)(H,66,77)(H,67,78)(H,68,79)(H,69,80)(H4,57,58,60)/p+1/t34-,35+,36+,38-,41-,42-,43-,47-,48-/m0/s1. The first-order valence-corrected chi connectivity index (χ1v) is 28.6. The van der Waals surface area contributed by atoms with E-state index < -0.39 is 121 Å². The number of aromatic nitrogens is 1. The molecule has 0 saturated heterocycles. The Balaban J connectivity index is 2.12. The van der Waals surface area contributed by atoms with E-state index in [2.05, 4.69) is 64.8 Å². The molecule has 0 bridgehead atoms. The molecule has 1 heterocycles. The van der Waals surface area contributed by atoms with E-state index in [1.807, 2.05) is 24.3 Å². The lowest BCUT2D eigenvalue weighted by atomic mass is 10.0. The molecule has 0 fully saturated rings. The van der Waals surface area contributed by atoms with Crippen LogP contribution in [0.5, 0.6) is 0 Å². The number of rotatable bonds is 43. The molecule has 1 aromatic heterocycles. The van der Waals surface area contributed by atoms with E-state index in [4.69, 9.17) is 17.2 Å². The molecule has 0 spiro atoms. The van der Waals surface area contributed by atoms with E-state index >= 15 is 0 Å². The van der Waals surface area contributed by atoms with Crippen LogP contribution in [0.15, 0.2) is 30.5 Å². The third-order valence-electron chi connectivity index (χ3n) is 13.5. The van der Waals surface area contributed by atoms with Crippen molar-refractivity contribution in [2.75, 3.05) is 32.8 Å². The van der Waals surface area contributed by atoms with Crippen LogP contribution >= 0.6 is 0 Å². The van der Waals surface area contributed by atoms with Crippen LogP contribution < -0.4 is 70.0 Å². The number of carbonyl (C=O) groups is 10. The first-order valence-electron chi connectivity index (χ1n) is 28.6. The van der Waals surface area contributed by atoms with Crippen LogP contribution in [0.3, 0.4) is 0 Å². The number of unbranched alkanes of at least 4 members (excludes halogenated alkanes) is 11. The fourth-order valence-corrected chi connectivity index (χ4v) is 8.55. The number of fused-ring (bicyclic) bond motifs is 1. The molecule has 82 heavy (non-hydrogen) atoms. The zero-order chi connectivity index (χ0) is 61.0. The quantitative estimate of drug-likeness (QED) is 0.0131. The molecule has 2 rings (SSSR count). The summed E-state index contributed by atoms with van der Waals surface area (Å²) in [5, 5.41) is 53.6. The van der Waals surface area contributed by atoms with Crippen LogP contribution in [0.25, 0.3) is 10.9 Å². The molecule has 0 aliphatic rings. The van der Waals surface area contributed by atoms with E-state index in [9.17, 15) is 63.3 Å². The molecular weight excluding hydrogens is 1060 g/mol. The number of hydrogen-bond donors (Lipinski definition) is 17. The Kier molecular flexibility index (Phi) is 34.6. The third kappa shape index (κ3) is 28.5. The molecule has 2 aromatic rings. The largest absolute Gasteiger partial charge is 0.394 e. The Morgan fingerprint density at radius 1 is 0.610 bits per heavy atom. The molecule has 0 unspecified atom stereocenters. The predicted molar refractivity (Wildman–Crippen MR) is 306 cm³/mol. The molecule has 0 aliphatic heterocycles. The van der Waals surface area contributed by atoms with E-state index in [1.54, 1.807) is 6.20 Å². The monoisotopic (exact) mass is 1160 g/mol. The molecule has 0 aliphatic carbocycles. The number of H-pyrrole nitrogens is 1. The van der Waals surface area contributed by atoms with Crippen LogP contribution in [-0.4, -0.2) is 173 Å². The maximum absolute atomic E-state index is 14.1. The summed E-state index contributed by atoms with van der Waals surface area (Å²) in [5.74, 6) is -7.51. The maximum atomic E-state index is 14.1. The number of para-hydroxylation sites is 1. The van der Waals surface area contributed by atoms with E-state index in [0.29, 0.717) is 19.1 Å². The lowest BCUT2D eigenvalue weighted by Crippen LogP contribution is -2.78. The van der Waals surface area contributed by atoms with Gasteiger partial charge in [-0.1, -0.05) is 89.3 Å². The van der Waals surface area contributed by atoms with Crippen molar-refractivity contribution in [1.29, 1.82) is 0 Å². The van der Waals surface area contributed by atoms with Gasteiger partial charge < -0.3 is 78.7 Å². The molecule has 0 radical (unpaired) electrons. The average molecular weight is 1160 g/mol. The predicted octanol–water partition coefficient (Wildman–Crippen LogP) is -3.73. The fraction of sp³-hybridized carbons (Fsp3) is 0.655. The van der Waals surface area contributed by atoms with E-state index in [-0.39, 0.29) is 57.1 Å². The number of aliphatic hydroxyl groups is 3. The van der Waals surface area contributed by atoms with Gasteiger partial charge in [-0.25, -0.2) is 0 Å². The summed E-state index contributed by atoms with van der Waals surface area (Å²) in [4.78, 5) is 136. The van der Waals surface area contributed by atoms with E-state index in [0.717, 1.165) is 49.1 Å². The zero-order valence-electron chi connectivity index (χ0n) is 48.1. The second kappa shape index (κ2) is 40.0. The molecule has 20 N–H and O–H groups in total. The van der Waals surface area contributed by atoms with Gasteiger partial charge in [-0.15, -0.1) is 0 Å². The third-order valence-corrected chi connectivity index (χ3v) is 13.5. The number of hydrogen-bond acceptors (Lipinski definition) is 14. The number of carbonyl (C=O) groups excluding carboxylic acids is 10. The van der Waals surface area contributed by atoms with Gasteiger partial charge in [0.2, 0.25) is 53.2 Å². The van der Waals surface area contributed by atoms with Gasteiger partial charge in [-0.3, -0.25) is 59.6 Å². The summed E-state index contributed by atoms with van der Waals surface area (Å²) in [6.07, 6.45) is 13.2. The van der Waals surface area contributed by atoms with Gasteiger partial charge in [0.05, 0.1) is 44.5 Å². The van der Waals surface area contributed by atoms with Crippen LogP contribution in [-0.2, 0) is 54.4 Å². The van der Waals surface area contributed by atoms with Crippen LogP contribution in [0.4, 0.5) is 0 Å². The molecule has 27 nitrogen and oxygen atoms in total. The van der Waals surface area contributed by atoms with Crippen molar-refractivity contribution in [3.63, 3.8) is 0 Å². The molecule has 460 valence electrons. The number of benzene rings is 1. The van der Waals surface area contributed by atoms with Crippen LogP contribution in [0, 0.1) is 0 Å². The summed E-state index contributed by atoms with van der Waals surface area (Å²) < 4.78 is 0. The first kappa shape index (κ1) is 70.9. The Morgan fingerprint density at radius 2 is 1.18 bits per heavy atom. The van der Waals surface area contributed by atoms with Crippen LogP contribution in [0.2, 0.25) is 0 Å². The van der Waals surface area contributed by atoms with Gasteiger partial charge in [0.15, 0.2) is 0 Å². The Hall–Kier alpha value is -7.23. The number of aliphatic hydroxyl groups excluding tert-OH is 3. The summed E-state index contributed by atoms with van der Waals surface area (Å²) >= 11 is 0. The van der Waals surface area contributed by atoms with Crippen molar-refractivity contribution < 1.29 is 68.3 Å². The number of guanidine groups is 1. The smallest absolute Gasteiger partial charge is 0.338 e. The van der Waals surface area contributed by atoms with Crippen molar-refractivity contribution in [3.8, 4) is 0 Å². The number of aldehydes is 1. The first-order chi connectivity index (χ1) is 39.1. The summed E-state index contributed by atoms with van der Waals surface area (Å²) in [6.45, 7) is 4.05. The second-order valence-electron chi connectivity index (χ2n) is 20.6. The van der Waals surface area contributed by atoms with Crippen LogP contribution in [0.1, 0.15) is 142 Å². The lowest BCUT2D eigenvalue weighted by Gasteiger charge is -2.27. The van der Waals surface area contributed by atoms with Crippen molar-refractivity contribution in [2.45, 2.75) is 198 Å². The summed E-state index contributed by atoms with van der Waals surface area (Å²) in [6, 6.07) is -2.42. The minimum Gasteiger partial charge on any atom is -0.394 e. The molecule has 9 amide bonds. The number of nitrogens with one attached hydrogen (secondary N) is 11. The van der Waals surface area contributed by atoms with Gasteiger partial charge in [-0.05, 0) is 70.9 Å². The number of aromatic amines is 1. The van der Waals surface area contributed by atoms with Gasteiger partial charge in [0.25, 0.3) is 0 Å². The highest BCUT2D eigenvalue weighted by molar-refractivity contribution is 5.97. The van der Waals surface area contributed by atoms with Crippen molar-refractivity contribution in [1.82, 2.24) is 52.8 Å². The van der Waals surface area contributed by atoms with Crippen molar-refractivity contribution >= 4 is 76.3 Å². The Bertz CT molecular complexity index is 2360. The molecule has 9 atom stereocenters. The van der Waals surface area contributed by atoms with Gasteiger partial charge in [0.1, 0.15) is 42.5 Å². The zero-order valence-corrected chi connectivity index (χ0v) is 48.1. The second-order valence-corrected chi connectivity index (χ2v) is 20.6. The highest BCUT2D eigenvalue weighted by atomic mass is 16.3. The molecular formula is C55H93N14O13+. The maximum Gasteiger partial charge on any atom is 0.338 e. The minimum atomic E-state index is -1.78. The highest BCUT2D eigenvalue weighted by Crippen LogP contribution is 2.19. The topological polar surface area (TPSA) is 447 Å².